The van der Waals surface area contributed by atoms with Crippen molar-refractivity contribution in [2.45, 2.75) is 144 Å². The van der Waals surface area contributed by atoms with Gasteiger partial charge in [-0.1, -0.05) is 85.4 Å². The molecule has 12 atom stereocenters. The molecule has 8 N–H and O–H groups in total. The molecule has 0 saturated carbocycles. The molecule has 3 saturated heterocycles. The monoisotopic (exact) mass is 1160 g/mol. The zero-order valence-electron chi connectivity index (χ0n) is 45.9. The van der Waals surface area contributed by atoms with Gasteiger partial charge in [0.1, 0.15) is 59.1 Å². The number of hydrogen-bond acceptors (Lipinski definition) is 18. The van der Waals surface area contributed by atoms with Crippen molar-refractivity contribution in [2.75, 3.05) is 26.4 Å². The molecule has 2 aromatic heterocycles. The zero-order valence-corrected chi connectivity index (χ0v) is 47.7. The Balaban J connectivity index is 0.000000291. The lowest BCUT2D eigenvalue weighted by Crippen LogP contribution is -2.46. The van der Waals surface area contributed by atoms with Crippen LogP contribution >= 0.6 is 15.5 Å². The normalized spacial score (nSPS) is 24.4. The summed E-state index contributed by atoms with van der Waals surface area (Å²) in [5.41, 5.74) is 10.7. The van der Waals surface area contributed by atoms with E-state index in [0.29, 0.717) is 5.56 Å². The quantitative estimate of drug-likeness (QED) is 0.0328. The van der Waals surface area contributed by atoms with Gasteiger partial charge in [0.05, 0.1) is 26.4 Å². The van der Waals surface area contributed by atoms with Crippen molar-refractivity contribution in [3.05, 3.63) is 121 Å². The van der Waals surface area contributed by atoms with Gasteiger partial charge in [-0.2, -0.15) is 19.3 Å². The molecule has 2 amide bonds. The molecule has 2 aromatic carbocycles. The van der Waals surface area contributed by atoms with Crippen LogP contribution in [0.1, 0.15) is 110 Å². The fourth-order valence-corrected chi connectivity index (χ4v) is 10.9. The van der Waals surface area contributed by atoms with Gasteiger partial charge in [-0.15, -0.1) is 0 Å². The molecule has 3 aliphatic heterocycles. The third kappa shape index (κ3) is 18.7. The second-order valence-corrected chi connectivity index (χ2v) is 25.3. The van der Waals surface area contributed by atoms with E-state index in [9.17, 15) is 38.5 Å². The van der Waals surface area contributed by atoms with Crippen LogP contribution < -0.4 is 39.8 Å². The van der Waals surface area contributed by atoms with E-state index < -0.39 is 113 Å². The minimum absolute atomic E-state index is 0. The maximum absolute atomic E-state index is 14.0. The molecule has 5 heterocycles. The van der Waals surface area contributed by atoms with E-state index in [-0.39, 0.29) is 55.1 Å². The molecule has 0 spiro atoms. The third-order valence-corrected chi connectivity index (χ3v) is 15.0. The molecule has 80 heavy (non-hydrogen) atoms. The predicted octanol–water partition coefficient (Wildman–Crippen LogP) is 5.36. The predicted molar refractivity (Wildman–Crippen MR) is 288 cm³/mol. The molecule has 4 aromatic rings. The minimum atomic E-state index is -4.22. The second-order valence-electron chi connectivity index (χ2n) is 21.9. The number of pyridine rings is 2. The van der Waals surface area contributed by atoms with Crippen molar-refractivity contribution >= 4 is 39.2 Å². The van der Waals surface area contributed by atoms with E-state index >= 15 is 0 Å². The number of nitrogens with zero attached hydrogens (tertiary/aromatic N) is 2. The van der Waals surface area contributed by atoms with Gasteiger partial charge in [0.15, 0.2) is 42.8 Å². The van der Waals surface area contributed by atoms with Gasteiger partial charge in [-0.3, -0.25) is 28.2 Å². The molecule has 0 aliphatic carbocycles. The number of nitrogens with two attached hydrogens (primary N) is 2. The lowest BCUT2D eigenvalue weighted by atomic mass is 9.99. The van der Waals surface area contributed by atoms with Crippen LogP contribution in [0.3, 0.4) is 0 Å². The average molecular weight is 1160 g/mol. The maximum Gasteiger partial charge on any atom is 0.459 e. The molecule has 26 heteroatoms. The standard InChI is InChI=1S/C28H38N3O9P.C25H34N3O9P.CH4/c1-18(26(33)35-17-27(2,3)4)30-41(34,40-20-12-8-7-9-13-20)36-16-21-22-23(39-28(5,6)38-22)25(37-21)31-14-10-11-19(15-31)24(29)32;1-16(24(32)34-15-25(2,3)4)27-38(33,37-18-10-6-5-7-11-18)35-14-19-20(29)21(30)23(36-19)28-12-8-9-17(13-28)22(26)31;/h7-15,18,21-23,25H,16-17H2,1-6H3,(H2-,29,30,32,34);5-13,16,19-21,23,29-30H,14-15H2,1-4H3,(H2-,26,27,31,33);1H4/p+2/t18?,21?,22-,23-,25-,41?;16?,19?,20-,21-,23-,38?;/m11./s1. The lowest BCUT2D eigenvalue weighted by molar-refractivity contribution is -0.766. The van der Waals surface area contributed by atoms with Crippen molar-refractivity contribution in [1.82, 2.24) is 10.2 Å². The van der Waals surface area contributed by atoms with Crippen LogP contribution in [0.4, 0.5) is 0 Å². The summed E-state index contributed by atoms with van der Waals surface area (Å²) in [4.78, 5) is 48.4. The van der Waals surface area contributed by atoms with Crippen LogP contribution in [0.5, 0.6) is 11.5 Å². The van der Waals surface area contributed by atoms with E-state index in [1.807, 2.05) is 41.5 Å². The van der Waals surface area contributed by atoms with Crippen molar-refractivity contribution in [3.63, 3.8) is 0 Å². The van der Waals surface area contributed by atoms with Crippen molar-refractivity contribution in [3.8, 4) is 11.5 Å². The third-order valence-electron chi connectivity index (χ3n) is 11.7. The molecule has 440 valence electrons. The summed E-state index contributed by atoms with van der Waals surface area (Å²) >= 11 is 0. The number of aliphatic hydroxyl groups is 2. The van der Waals surface area contributed by atoms with Gasteiger partial charge in [0, 0.05) is 12.1 Å². The Morgan fingerprint density at radius 3 is 1.45 bits per heavy atom. The Hall–Kier alpha value is -5.72. The number of carbonyl (C=O) groups is 4. The minimum Gasteiger partial charge on any atom is -0.464 e. The van der Waals surface area contributed by atoms with E-state index in [4.69, 9.17) is 58.0 Å². The fourth-order valence-electron chi connectivity index (χ4n) is 7.91. The average Bonchev–Trinajstić information content (AvgIpc) is 4.03. The number of nitrogens with one attached hydrogen (secondary N) is 2. The molecule has 24 nitrogen and oxygen atoms in total. The molecular weight excluding hydrogens is 1080 g/mol. The van der Waals surface area contributed by atoms with Crippen LogP contribution in [0.2, 0.25) is 0 Å². The first-order valence-corrected chi connectivity index (χ1v) is 28.5. The van der Waals surface area contributed by atoms with Crippen molar-refractivity contribution in [2.24, 2.45) is 22.3 Å². The molecule has 3 aliphatic rings. The van der Waals surface area contributed by atoms with Crippen LogP contribution in [-0.2, 0) is 56.2 Å². The molecule has 3 fully saturated rings. The number of ether oxygens (including phenoxy) is 6. The summed E-state index contributed by atoms with van der Waals surface area (Å²) < 4.78 is 88.5. The number of benzene rings is 2. The maximum atomic E-state index is 14.0. The van der Waals surface area contributed by atoms with Crippen LogP contribution in [-0.4, -0.2) is 115 Å². The Kier molecular flexibility index (Phi) is 22.3. The number of amides is 2. The summed E-state index contributed by atoms with van der Waals surface area (Å²) in [6.07, 6.45) is -1.43. The first-order valence-electron chi connectivity index (χ1n) is 25.4. The SMILES string of the molecule is C.CC(NP(=O)(OCC1O[C@@H]([n+]2cccc(C(N)=O)c2)[C@@H]2OC(C)(C)O[C@H]12)Oc1ccccc1)C(=O)OCC(C)(C)C.CC(NP(=O)(OCC1O[C@@H]([n+]2cccc(C(N)=O)c2)[C@H](O)[C@@H]1O)Oc1ccccc1)C(=O)OCC(C)(C)C. The molecule has 6 unspecified atom stereocenters. The first-order chi connectivity index (χ1) is 36.9. The molecular formula is C54H78N6O18P2+2. The lowest BCUT2D eigenvalue weighted by Gasteiger charge is -2.26. The van der Waals surface area contributed by atoms with Gasteiger partial charge < -0.3 is 59.1 Å². The summed E-state index contributed by atoms with van der Waals surface area (Å²) in [5.74, 6) is -2.95. The smallest absolute Gasteiger partial charge is 0.459 e. The molecule has 0 bridgehead atoms. The Labute approximate surface area is 466 Å². The summed E-state index contributed by atoms with van der Waals surface area (Å²) in [7, 11) is -8.36. The van der Waals surface area contributed by atoms with Crippen LogP contribution in [0, 0.1) is 10.8 Å². The Morgan fingerprint density at radius 2 is 1.02 bits per heavy atom. The van der Waals surface area contributed by atoms with Gasteiger partial charge in [0.25, 0.3) is 24.3 Å². The number of aromatic nitrogens is 2. The second kappa shape index (κ2) is 27.4. The number of carbonyl (C=O) groups excluding carboxylic acids is 4. The zero-order chi connectivity index (χ0) is 58.1. The van der Waals surface area contributed by atoms with Crippen molar-refractivity contribution in [1.29, 1.82) is 0 Å². The highest BCUT2D eigenvalue weighted by Gasteiger charge is 2.60. The highest BCUT2D eigenvalue weighted by atomic mass is 31.2. The van der Waals surface area contributed by atoms with Crippen LogP contribution in [0.25, 0.3) is 0 Å². The topological polar surface area (TPSA) is 319 Å². The number of primary amides is 2. The Morgan fingerprint density at radius 1 is 0.625 bits per heavy atom. The van der Waals surface area contributed by atoms with E-state index in [1.54, 1.807) is 110 Å². The molecule has 7 rings (SSSR count). The molecule has 0 radical (unpaired) electrons. The first kappa shape index (κ1) is 65.1. The van der Waals surface area contributed by atoms with E-state index in [0.717, 1.165) is 0 Å². The summed E-state index contributed by atoms with van der Waals surface area (Å²) in [5, 5.41) is 26.4. The number of fused-ring (bicyclic) bond motifs is 1. The highest BCUT2D eigenvalue weighted by molar-refractivity contribution is 7.52. The van der Waals surface area contributed by atoms with Gasteiger partial charge in [-0.05, 0) is 74.9 Å². The van der Waals surface area contributed by atoms with E-state index in [2.05, 4.69) is 10.2 Å². The summed E-state index contributed by atoms with van der Waals surface area (Å²) in [6, 6.07) is 20.9. The number of para-hydroxylation sites is 2. The number of rotatable bonds is 22. The number of hydrogen-bond donors (Lipinski definition) is 6. The highest BCUT2D eigenvalue weighted by Crippen LogP contribution is 2.48. The van der Waals surface area contributed by atoms with Gasteiger partial charge >= 0.3 is 27.4 Å². The van der Waals surface area contributed by atoms with Gasteiger partial charge in [-0.25, -0.2) is 9.13 Å². The van der Waals surface area contributed by atoms with E-state index in [1.165, 1.54) is 36.9 Å². The van der Waals surface area contributed by atoms with Crippen LogP contribution in [0.15, 0.2) is 110 Å². The number of aliphatic hydroxyl groups excluding tert-OH is 2. The van der Waals surface area contributed by atoms with Crippen molar-refractivity contribution < 1.29 is 94.2 Å². The van der Waals surface area contributed by atoms with Gasteiger partial charge in [0.2, 0.25) is 0 Å². The summed E-state index contributed by atoms with van der Waals surface area (Å²) in [6.45, 7) is 17.7. The largest absolute Gasteiger partial charge is 0.464 e. The number of esters is 2. The fraction of sp³-hybridized carbons (Fsp3) is 0.519. The Bertz CT molecular complexity index is 2820.